The van der Waals surface area contributed by atoms with Crippen molar-refractivity contribution in [1.82, 2.24) is 15.6 Å². The second-order valence-electron chi connectivity index (χ2n) is 13.5. The summed E-state index contributed by atoms with van der Waals surface area (Å²) in [5, 5.41) is 14.0. The van der Waals surface area contributed by atoms with Gasteiger partial charge in [-0.25, -0.2) is 4.98 Å². The third-order valence-corrected chi connectivity index (χ3v) is 9.12. The number of fused-ring (bicyclic) bond motifs is 1. The number of benzene rings is 3. The van der Waals surface area contributed by atoms with Crippen LogP contribution in [0.15, 0.2) is 84.1 Å². The van der Waals surface area contributed by atoms with E-state index in [0.717, 1.165) is 39.0 Å². The van der Waals surface area contributed by atoms with Gasteiger partial charge in [0.05, 0.1) is 85.0 Å². The lowest BCUT2D eigenvalue weighted by molar-refractivity contribution is -0.141. The van der Waals surface area contributed by atoms with Gasteiger partial charge in [0.25, 0.3) is 0 Å². The fraction of sp³-hybridized carbons (Fsp3) is 0.442. The minimum Gasteiger partial charge on any atom is -0.491 e. The molecule has 322 valence electrons. The van der Waals surface area contributed by atoms with E-state index >= 15 is 0 Å². The zero-order chi connectivity index (χ0) is 42.8. The first-order valence-corrected chi connectivity index (χ1v) is 19.9. The van der Waals surface area contributed by atoms with Crippen LogP contribution < -0.4 is 26.4 Å². The van der Waals surface area contributed by atoms with Gasteiger partial charge >= 0.3 is 5.97 Å². The Kier molecular flexibility index (Phi) is 21.1. The average molecular weight is 829 g/mol. The number of nitrogens with zero attached hydrogens (tertiary/aromatic N) is 4. The molecule has 0 aliphatic rings. The van der Waals surface area contributed by atoms with Crippen LogP contribution in [0, 0.1) is 6.92 Å². The second kappa shape index (κ2) is 27.0. The van der Waals surface area contributed by atoms with E-state index in [1.807, 2.05) is 79.7 Å². The summed E-state index contributed by atoms with van der Waals surface area (Å²) in [6.07, 6.45) is 2.68. The van der Waals surface area contributed by atoms with E-state index in [4.69, 9.17) is 39.7 Å². The lowest BCUT2D eigenvalue weighted by Gasteiger charge is -2.20. The first-order chi connectivity index (χ1) is 29.3. The number of methoxy groups -OCH3 is 1. The molecule has 4 aromatic rings. The average Bonchev–Trinajstić information content (AvgIpc) is 3.26. The van der Waals surface area contributed by atoms with Crippen molar-refractivity contribution in [3.05, 3.63) is 101 Å². The maximum atomic E-state index is 13.0. The number of nitrogens with two attached hydrogens (primary N) is 1. The summed E-state index contributed by atoms with van der Waals surface area (Å²) in [4.78, 5) is 44.9. The number of azide groups is 1. The third kappa shape index (κ3) is 16.8. The van der Waals surface area contributed by atoms with Gasteiger partial charge in [0, 0.05) is 29.6 Å². The Morgan fingerprint density at radius 2 is 1.52 bits per heavy atom. The zero-order valence-electron chi connectivity index (χ0n) is 34.3. The summed E-state index contributed by atoms with van der Waals surface area (Å²) in [5.74, 6) is 0.0816. The predicted molar refractivity (Wildman–Crippen MR) is 227 cm³/mol. The number of rotatable bonds is 29. The second-order valence-corrected chi connectivity index (χ2v) is 13.5. The highest BCUT2D eigenvalue weighted by Crippen LogP contribution is 2.35. The first-order valence-electron chi connectivity index (χ1n) is 19.9. The molecule has 2 atom stereocenters. The largest absolute Gasteiger partial charge is 0.491 e. The van der Waals surface area contributed by atoms with Crippen LogP contribution in [0.5, 0.6) is 5.75 Å². The molecule has 3 aromatic carbocycles. The van der Waals surface area contributed by atoms with Crippen molar-refractivity contribution in [1.29, 1.82) is 0 Å². The van der Waals surface area contributed by atoms with Crippen molar-refractivity contribution in [3.8, 4) is 16.9 Å². The number of aryl methyl sites for hydroxylation is 1. The summed E-state index contributed by atoms with van der Waals surface area (Å²) in [6, 6.07) is 21.8. The van der Waals surface area contributed by atoms with Gasteiger partial charge in [0.1, 0.15) is 18.2 Å². The van der Waals surface area contributed by atoms with Crippen molar-refractivity contribution in [2.75, 3.05) is 91.5 Å². The minimum atomic E-state index is -0.787. The molecule has 0 bridgehead atoms. The van der Waals surface area contributed by atoms with Gasteiger partial charge in [-0.2, -0.15) is 0 Å². The number of nitrogens with one attached hydrogen (secondary N) is 3. The molecule has 60 heavy (non-hydrogen) atoms. The fourth-order valence-corrected chi connectivity index (χ4v) is 6.01. The van der Waals surface area contributed by atoms with Crippen LogP contribution in [0.1, 0.15) is 36.4 Å². The Morgan fingerprint density at radius 1 is 0.850 bits per heavy atom. The Hall–Kier alpha value is -5.81. The molecule has 0 radical (unpaired) electrons. The molecule has 0 aliphatic heterocycles. The molecule has 0 saturated heterocycles. The number of hydrogen-bond donors (Lipinski definition) is 4. The number of esters is 1. The SMILES string of the molecule is COC(=O)C[C@H](NC(=O)CNC(=O)[C@@H](N)CCCNc1cc(C)ccn1)c1ccc(-c2ccc(OCCOCCOCCOCCOCCN=[N+]=[N-])c3ccccc23)cc1. The van der Waals surface area contributed by atoms with E-state index in [-0.39, 0.29) is 13.0 Å². The van der Waals surface area contributed by atoms with E-state index in [0.29, 0.717) is 91.0 Å². The highest BCUT2D eigenvalue weighted by Gasteiger charge is 2.21. The summed E-state index contributed by atoms with van der Waals surface area (Å²) in [5.41, 5.74) is 18.0. The van der Waals surface area contributed by atoms with Crippen LogP contribution >= 0.6 is 0 Å². The molecular formula is C43H56N8O9. The number of hydrogen-bond acceptors (Lipinski definition) is 13. The van der Waals surface area contributed by atoms with Gasteiger partial charge in [0.2, 0.25) is 11.8 Å². The monoisotopic (exact) mass is 828 g/mol. The summed E-state index contributed by atoms with van der Waals surface area (Å²) in [6.45, 7) is 6.28. The molecule has 5 N–H and O–H groups in total. The molecule has 17 nitrogen and oxygen atoms in total. The molecule has 1 heterocycles. The van der Waals surface area contributed by atoms with Crippen molar-refractivity contribution in [2.24, 2.45) is 10.8 Å². The van der Waals surface area contributed by atoms with Crippen molar-refractivity contribution in [3.63, 3.8) is 0 Å². The van der Waals surface area contributed by atoms with Crippen LogP contribution in [0.3, 0.4) is 0 Å². The third-order valence-electron chi connectivity index (χ3n) is 9.12. The Morgan fingerprint density at radius 3 is 2.18 bits per heavy atom. The van der Waals surface area contributed by atoms with Gasteiger partial charge in [-0.15, -0.1) is 0 Å². The highest BCUT2D eigenvalue weighted by atomic mass is 16.6. The van der Waals surface area contributed by atoms with E-state index in [9.17, 15) is 14.4 Å². The number of amides is 2. The quantitative estimate of drug-likeness (QED) is 0.0186. The minimum absolute atomic E-state index is 0.0986. The van der Waals surface area contributed by atoms with Gasteiger partial charge in [-0.3, -0.25) is 14.4 Å². The fourth-order valence-electron chi connectivity index (χ4n) is 6.01. The summed E-state index contributed by atoms with van der Waals surface area (Å²) >= 11 is 0. The van der Waals surface area contributed by atoms with E-state index in [1.54, 1.807) is 6.20 Å². The summed E-state index contributed by atoms with van der Waals surface area (Å²) in [7, 11) is 1.29. The summed E-state index contributed by atoms with van der Waals surface area (Å²) < 4.78 is 32.9. The Labute approximate surface area is 350 Å². The number of carbonyl (C=O) groups excluding carboxylic acids is 3. The molecule has 0 saturated carbocycles. The van der Waals surface area contributed by atoms with Crippen LogP contribution in [-0.4, -0.2) is 115 Å². The van der Waals surface area contributed by atoms with E-state index in [1.165, 1.54) is 7.11 Å². The smallest absolute Gasteiger partial charge is 0.307 e. The predicted octanol–water partition coefficient (Wildman–Crippen LogP) is 5.02. The molecule has 0 fully saturated rings. The number of aromatic nitrogens is 1. The molecule has 0 unspecified atom stereocenters. The normalized spacial score (nSPS) is 11.9. The van der Waals surface area contributed by atoms with Crippen molar-refractivity contribution < 1.29 is 42.8 Å². The van der Waals surface area contributed by atoms with Gasteiger partial charge in [-0.1, -0.05) is 59.7 Å². The Bertz CT molecular complexity index is 1980. The van der Waals surface area contributed by atoms with Crippen molar-refractivity contribution in [2.45, 2.75) is 38.3 Å². The van der Waals surface area contributed by atoms with Gasteiger partial charge in [-0.05, 0) is 71.1 Å². The van der Waals surface area contributed by atoms with Crippen LogP contribution in [-0.2, 0) is 38.1 Å². The molecule has 2 amide bonds. The van der Waals surface area contributed by atoms with Gasteiger partial charge in [0.15, 0.2) is 0 Å². The molecule has 4 rings (SSSR count). The van der Waals surface area contributed by atoms with Crippen LogP contribution in [0.25, 0.3) is 32.3 Å². The molecular weight excluding hydrogens is 773 g/mol. The number of pyridine rings is 1. The molecule has 1 aromatic heterocycles. The Balaban J connectivity index is 1.22. The highest BCUT2D eigenvalue weighted by molar-refractivity contribution is 6.00. The molecule has 0 aliphatic carbocycles. The number of carbonyl (C=O) groups is 3. The number of anilines is 1. The van der Waals surface area contributed by atoms with Crippen LogP contribution in [0.2, 0.25) is 0 Å². The maximum absolute atomic E-state index is 13.0. The zero-order valence-corrected chi connectivity index (χ0v) is 34.3. The van der Waals surface area contributed by atoms with E-state index in [2.05, 4.69) is 31.0 Å². The topological polar surface area (TPSA) is 230 Å². The standard InChI is InChI=1S/C43H56N8O9/c1-31-15-17-47-40(28-31)46-16-5-8-37(44)43(54)48-30-41(52)50-38(29-42(53)55-2)33-11-9-32(10-12-33)34-13-14-39(36-7-4-3-6-35(34)36)60-27-26-59-25-24-58-23-22-57-21-20-56-19-18-49-51-45/h3-4,6-7,9-15,17,28,37-38H,5,8,16,18-27,29-30,44H2,1-2H3,(H,46,47)(H,48,54)(H,50,52)/t37-,38-/m0/s1. The van der Waals surface area contributed by atoms with E-state index < -0.39 is 29.9 Å². The lowest BCUT2D eigenvalue weighted by atomic mass is 9.95. The molecule has 17 heteroatoms. The maximum Gasteiger partial charge on any atom is 0.307 e. The van der Waals surface area contributed by atoms with Crippen molar-refractivity contribution >= 4 is 34.4 Å². The lowest BCUT2D eigenvalue weighted by Crippen LogP contribution is -2.45. The first kappa shape index (κ1) is 46.9. The molecule has 0 spiro atoms. The van der Waals surface area contributed by atoms with Crippen LogP contribution in [0.4, 0.5) is 5.82 Å². The number of ether oxygens (including phenoxy) is 6. The van der Waals surface area contributed by atoms with Gasteiger partial charge < -0.3 is 50.1 Å².